The van der Waals surface area contributed by atoms with Crippen molar-refractivity contribution in [1.82, 2.24) is 9.21 Å². The van der Waals surface area contributed by atoms with E-state index < -0.39 is 10.0 Å². The highest BCUT2D eigenvalue weighted by molar-refractivity contribution is 7.89. The first-order valence-corrected chi connectivity index (χ1v) is 13.2. The second kappa shape index (κ2) is 10.6. The molecular weight excluding hydrogens is 448 g/mol. The topological polar surface area (TPSA) is 70.8 Å². The molecule has 1 fully saturated rings. The third-order valence-electron chi connectivity index (χ3n) is 6.44. The summed E-state index contributed by atoms with van der Waals surface area (Å²) in [7, 11) is -3.57. The summed E-state index contributed by atoms with van der Waals surface area (Å²) in [6, 6.07) is 20.7. The van der Waals surface area contributed by atoms with Gasteiger partial charge in [-0.05, 0) is 54.2 Å². The first-order chi connectivity index (χ1) is 16.3. The highest BCUT2D eigenvalue weighted by Crippen LogP contribution is 2.27. The fraction of sp³-hybridized carbons (Fsp3) is 0.370. The zero-order valence-corrected chi connectivity index (χ0v) is 20.6. The van der Waals surface area contributed by atoms with Crippen LogP contribution in [0.15, 0.2) is 82.3 Å². The summed E-state index contributed by atoms with van der Waals surface area (Å²) < 4.78 is 33.3. The standard InChI is InChI=1S/C27H32N2O4S/c1-21(2)23-10-12-26(13-11-23)34(31,32)29-16-14-24(15-17-29)27(30)28(20-25-9-6-18-33-25)19-22-7-4-3-5-8-22/h3-13,18,21,24H,14-17,19-20H2,1-2H3. The summed E-state index contributed by atoms with van der Waals surface area (Å²) in [5.74, 6) is 0.902. The van der Waals surface area contributed by atoms with Crippen molar-refractivity contribution in [2.75, 3.05) is 13.1 Å². The SMILES string of the molecule is CC(C)c1ccc(S(=O)(=O)N2CCC(C(=O)N(Cc3ccccc3)Cc3ccco3)CC2)cc1. The van der Waals surface area contributed by atoms with Gasteiger partial charge in [0.25, 0.3) is 0 Å². The van der Waals surface area contributed by atoms with Gasteiger partial charge in [0.15, 0.2) is 0 Å². The molecule has 0 spiro atoms. The molecule has 0 radical (unpaired) electrons. The highest BCUT2D eigenvalue weighted by atomic mass is 32.2. The zero-order valence-electron chi connectivity index (χ0n) is 19.8. The summed E-state index contributed by atoms with van der Waals surface area (Å²) in [4.78, 5) is 15.6. The largest absolute Gasteiger partial charge is 0.467 e. The van der Waals surface area contributed by atoms with Gasteiger partial charge in [0.1, 0.15) is 5.76 Å². The Morgan fingerprint density at radius 1 is 0.971 bits per heavy atom. The van der Waals surface area contributed by atoms with Gasteiger partial charge in [-0.1, -0.05) is 56.3 Å². The Morgan fingerprint density at radius 3 is 2.24 bits per heavy atom. The van der Waals surface area contributed by atoms with E-state index in [-0.39, 0.29) is 11.8 Å². The van der Waals surface area contributed by atoms with Crippen LogP contribution in [0.2, 0.25) is 0 Å². The van der Waals surface area contributed by atoms with Crippen LogP contribution in [0, 0.1) is 5.92 Å². The third-order valence-corrected chi connectivity index (χ3v) is 8.36. The van der Waals surface area contributed by atoms with E-state index in [1.165, 1.54) is 4.31 Å². The molecule has 1 amide bonds. The number of benzene rings is 2. The molecule has 1 aromatic heterocycles. The summed E-state index contributed by atoms with van der Waals surface area (Å²) in [6.45, 7) is 5.72. The molecule has 1 saturated heterocycles. The number of furan rings is 1. The average molecular weight is 481 g/mol. The number of hydrogen-bond donors (Lipinski definition) is 0. The van der Waals surface area contributed by atoms with Crippen molar-refractivity contribution in [3.63, 3.8) is 0 Å². The molecule has 1 aliphatic heterocycles. The van der Waals surface area contributed by atoms with Crippen molar-refractivity contribution in [2.45, 2.75) is 50.6 Å². The van der Waals surface area contributed by atoms with Crippen LogP contribution >= 0.6 is 0 Å². The van der Waals surface area contributed by atoms with E-state index in [1.807, 2.05) is 59.5 Å². The van der Waals surface area contributed by atoms with Crippen molar-refractivity contribution in [2.24, 2.45) is 5.92 Å². The smallest absolute Gasteiger partial charge is 0.243 e. The zero-order chi connectivity index (χ0) is 24.1. The molecule has 0 unspecified atom stereocenters. The Morgan fingerprint density at radius 2 is 1.65 bits per heavy atom. The second-order valence-electron chi connectivity index (χ2n) is 9.16. The van der Waals surface area contributed by atoms with Crippen LogP contribution in [0.4, 0.5) is 0 Å². The van der Waals surface area contributed by atoms with Gasteiger partial charge in [-0.25, -0.2) is 8.42 Å². The molecule has 2 aromatic carbocycles. The average Bonchev–Trinajstić information content (AvgIpc) is 3.37. The monoisotopic (exact) mass is 480 g/mol. The first-order valence-electron chi connectivity index (χ1n) is 11.8. The highest BCUT2D eigenvalue weighted by Gasteiger charge is 2.34. The summed E-state index contributed by atoms with van der Waals surface area (Å²) >= 11 is 0. The summed E-state index contributed by atoms with van der Waals surface area (Å²) in [5.41, 5.74) is 2.16. The van der Waals surface area contributed by atoms with Gasteiger partial charge in [-0.15, -0.1) is 0 Å². The molecule has 180 valence electrons. The minimum Gasteiger partial charge on any atom is -0.467 e. The van der Waals surface area contributed by atoms with Crippen molar-refractivity contribution < 1.29 is 17.6 Å². The Kier molecular flexibility index (Phi) is 7.54. The quantitative estimate of drug-likeness (QED) is 0.453. The number of sulfonamides is 1. The molecule has 0 saturated carbocycles. The lowest BCUT2D eigenvalue weighted by Crippen LogP contribution is -2.44. The van der Waals surface area contributed by atoms with Gasteiger partial charge in [0, 0.05) is 25.6 Å². The van der Waals surface area contributed by atoms with Crippen LogP contribution in [0.1, 0.15) is 49.5 Å². The molecule has 4 rings (SSSR count). The number of piperidine rings is 1. The molecule has 0 bridgehead atoms. The maximum absolute atomic E-state index is 13.5. The van der Waals surface area contributed by atoms with E-state index in [2.05, 4.69) is 13.8 Å². The molecule has 0 atom stereocenters. The molecular formula is C27H32N2O4S. The van der Waals surface area contributed by atoms with Gasteiger partial charge in [0.2, 0.25) is 15.9 Å². The van der Waals surface area contributed by atoms with Gasteiger partial charge < -0.3 is 9.32 Å². The van der Waals surface area contributed by atoms with E-state index >= 15 is 0 Å². The van der Waals surface area contributed by atoms with Gasteiger partial charge in [-0.3, -0.25) is 4.79 Å². The maximum atomic E-state index is 13.5. The number of hydrogen-bond acceptors (Lipinski definition) is 4. The maximum Gasteiger partial charge on any atom is 0.243 e. The van der Waals surface area contributed by atoms with Crippen LogP contribution in [0.3, 0.4) is 0 Å². The Bertz CT molecular complexity index is 1170. The van der Waals surface area contributed by atoms with Gasteiger partial charge in [-0.2, -0.15) is 4.31 Å². The minimum absolute atomic E-state index is 0.0404. The Balaban J connectivity index is 1.43. The van der Waals surface area contributed by atoms with Crippen molar-refractivity contribution in [3.8, 4) is 0 Å². The van der Waals surface area contributed by atoms with Gasteiger partial charge in [0.05, 0.1) is 17.7 Å². The molecule has 0 aliphatic carbocycles. The van der Waals surface area contributed by atoms with Crippen LogP contribution in [0.25, 0.3) is 0 Å². The van der Waals surface area contributed by atoms with Crippen molar-refractivity contribution in [3.05, 3.63) is 89.9 Å². The van der Waals surface area contributed by atoms with Crippen LogP contribution in [-0.4, -0.2) is 36.6 Å². The molecule has 3 aromatic rings. The predicted molar refractivity (Wildman–Crippen MR) is 131 cm³/mol. The molecule has 7 heteroatoms. The fourth-order valence-electron chi connectivity index (χ4n) is 4.38. The lowest BCUT2D eigenvalue weighted by Gasteiger charge is -2.33. The fourth-order valence-corrected chi connectivity index (χ4v) is 5.85. The number of carbonyl (C=O) groups is 1. The molecule has 0 N–H and O–H groups in total. The van der Waals surface area contributed by atoms with Crippen LogP contribution in [0.5, 0.6) is 0 Å². The number of amides is 1. The van der Waals surface area contributed by atoms with Crippen molar-refractivity contribution >= 4 is 15.9 Å². The second-order valence-corrected chi connectivity index (χ2v) is 11.1. The van der Waals surface area contributed by atoms with Gasteiger partial charge >= 0.3 is 0 Å². The van der Waals surface area contributed by atoms with Crippen LogP contribution in [-0.2, 0) is 27.9 Å². The van der Waals surface area contributed by atoms with Crippen molar-refractivity contribution in [1.29, 1.82) is 0 Å². The van der Waals surface area contributed by atoms with E-state index in [0.717, 1.165) is 16.9 Å². The number of carbonyl (C=O) groups excluding carboxylic acids is 1. The lowest BCUT2D eigenvalue weighted by molar-refractivity contribution is -0.138. The summed E-state index contributed by atoms with van der Waals surface area (Å²) in [6.07, 6.45) is 2.62. The lowest BCUT2D eigenvalue weighted by atomic mass is 9.96. The molecule has 34 heavy (non-hydrogen) atoms. The normalized spacial score (nSPS) is 15.5. The Hall–Kier alpha value is -2.90. The first kappa shape index (κ1) is 24.2. The molecule has 6 nitrogen and oxygen atoms in total. The number of rotatable bonds is 8. The molecule has 1 aliphatic rings. The Labute approximate surface area is 202 Å². The summed E-state index contributed by atoms with van der Waals surface area (Å²) in [5, 5.41) is 0. The van der Waals surface area contributed by atoms with E-state index in [0.29, 0.717) is 49.8 Å². The third kappa shape index (κ3) is 5.59. The minimum atomic E-state index is -3.57. The van der Waals surface area contributed by atoms with E-state index in [4.69, 9.17) is 4.42 Å². The predicted octanol–water partition coefficient (Wildman–Crippen LogP) is 5.03. The van der Waals surface area contributed by atoms with E-state index in [9.17, 15) is 13.2 Å². The molecule has 2 heterocycles. The van der Waals surface area contributed by atoms with E-state index in [1.54, 1.807) is 18.4 Å². The van der Waals surface area contributed by atoms with Crippen LogP contribution < -0.4 is 0 Å². The number of nitrogens with zero attached hydrogens (tertiary/aromatic N) is 2.